The predicted octanol–water partition coefficient (Wildman–Crippen LogP) is 2.65. The number of para-hydroxylation sites is 2. The fraction of sp³-hybridized carbons (Fsp3) is 0.222. The molecule has 0 atom stereocenters. The Kier molecular flexibility index (Phi) is 6.26. The van der Waals surface area contributed by atoms with Gasteiger partial charge in [0.15, 0.2) is 23.0 Å². The molecule has 0 heterocycles. The Morgan fingerprint density at radius 1 is 0.615 bits per heavy atom. The second-order valence-electron chi connectivity index (χ2n) is 4.82. The molecular formula is C18H18O8. The molecule has 0 aliphatic heterocycles. The minimum absolute atomic E-state index is 0.0391. The zero-order chi connectivity index (χ0) is 19.1. The maximum Gasteiger partial charge on any atom is 0.390 e. The van der Waals surface area contributed by atoms with Crippen molar-refractivity contribution in [1.29, 1.82) is 0 Å². The van der Waals surface area contributed by atoms with E-state index in [0.717, 1.165) is 0 Å². The van der Waals surface area contributed by atoms with Gasteiger partial charge in [0, 0.05) is 0 Å². The van der Waals surface area contributed by atoms with E-state index < -0.39 is 11.9 Å². The molecule has 0 unspecified atom stereocenters. The first kappa shape index (κ1) is 18.9. The topological polar surface area (TPSA) is 89.5 Å². The van der Waals surface area contributed by atoms with Gasteiger partial charge in [-0.2, -0.15) is 0 Å². The minimum atomic E-state index is -0.920. The predicted molar refractivity (Wildman–Crippen MR) is 89.9 cm³/mol. The number of hydrogen-bond acceptors (Lipinski definition) is 8. The Balaban J connectivity index is 2.17. The van der Waals surface area contributed by atoms with Gasteiger partial charge in [-0.1, -0.05) is 12.1 Å². The third-order valence-corrected chi connectivity index (χ3v) is 3.44. The molecule has 0 amide bonds. The van der Waals surface area contributed by atoms with E-state index in [4.69, 9.17) is 18.9 Å². The summed E-state index contributed by atoms with van der Waals surface area (Å²) in [5.74, 6) is -0.845. The summed E-state index contributed by atoms with van der Waals surface area (Å²) >= 11 is 0. The average Bonchev–Trinajstić information content (AvgIpc) is 2.69. The van der Waals surface area contributed by atoms with Crippen LogP contribution in [0.25, 0.3) is 0 Å². The van der Waals surface area contributed by atoms with Crippen molar-refractivity contribution >= 4 is 11.9 Å². The molecule has 26 heavy (non-hydrogen) atoms. The summed E-state index contributed by atoms with van der Waals surface area (Å²) in [7, 11) is 5.62. The first-order valence-electron chi connectivity index (χ1n) is 7.42. The fourth-order valence-electron chi connectivity index (χ4n) is 2.26. The molecule has 2 aromatic carbocycles. The van der Waals surface area contributed by atoms with Crippen molar-refractivity contribution in [3.8, 4) is 23.0 Å². The monoisotopic (exact) mass is 362 g/mol. The lowest BCUT2D eigenvalue weighted by Gasteiger charge is -2.12. The molecule has 8 nitrogen and oxygen atoms in total. The molecule has 0 aromatic heterocycles. The molecule has 0 fully saturated rings. The van der Waals surface area contributed by atoms with Crippen LogP contribution in [0.15, 0.2) is 36.4 Å². The van der Waals surface area contributed by atoms with Gasteiger partial charge in [-0.15, -0.1) is 0 Å². The van der Waals surface area contributed by atoms with Crippen LogP contribution in [-0.2, 0) is 9.78 Å². The van der Waals surface area contributed by atoms with Crippen LogP contribution in [0.2, 0.25) is 0 Å². The lowest BCUT2D eigenvalue weighted by molar-refractivity contribution is -0.187. The first-order chi connectivity index (χ1) is 12.6. The summed E-state index contributed by atoms with van der Waals surface area (Å²) in [4.78, 5) is 33.7. The maximum atomic E-state index is 12.2. The van der Waals surface area contributed by atoms with Crippen molar-refractivity contribution in [2.75, 3.05) is 28.4 Å². The molecule has 0 radical (unpaired) electrons. The van der Waals surface area contributed by atoms with Gasteiger partial charge in [-0.25, -0.2) is 19.4 Å². The molecule has 2 rings (SSSR count). The van der Waals surface area contributed by atoms with E-state index in [0.29, 0.717) is 11.5 Å². The van der Waals surface area contributed by atoms with Crippen LogP contribution in [0.3, 0.4) is 0 Å². The van der Waals surface area contributed by atoms with E-state index in [1.54, 1.807) is 24.3 Å². The quantitative estimate of drug-likeness (QED) is 0.572. The van der Waals surface area contributed by atoms with Gasteiger partial charge >= 0.3 is 11.9 Å². The molecule has 0 bridgehead atoms. The molecule has 0 saturated carbocycles. The minimum Gasteiger partial charge on any atom is -0.493 e. The molecule has 138 valence electrons. The Labute approximate surface area is 150 Å². The average molecular weight is 362 g/mol. The Hall–Kier alpha value is -3.42. The zero-order valence-corrected chi connectivity index (χ0v) is 14.7. The number of carbonyl (C=O) groups excluding carboxylic acids is 2. The molecular weight excluding hydrogens is 344 g/mol. The van der Waals surface area contributed by atoms with E-state index in [2.05, 4.69) is 9.78 Å². The van der Waals surface area contributed by atoms with E-state index in [-0.39, 0.29) is 22.6 Å². The van der Waals surface area contributed by atoms with Crippen molar-refractivity contribution in [3.63, 3.8) is 0 Å². The zero-order valence-electron chi connectivity index (χ0n) is 14.7. The summed E-state index contributed by atoms with van der Waals surface area (Å²) in [5, 5.41) is 0. The number of rotatable bonds is 6. The highest BCUT2D eigenvalue weighted by Gasteiger charge is 2.23. The fourth-order valence-corrected chi connectivity index (χ4v) is 2.26. The number of hydrogen-bond donors (Lipinski definition) is 0. The Morgan fingerprint density at radius 2 is 1.00 bits per heavy atom. The van der Waals surface area contributed by atoms with Crippen LogP contribution in [0.4, 0.5) is 0 Å². The lowest BCUT2D eigenvalue weighted by atomic mass is 10.2. The molecule has 2 aromatic rings. The summed E-state index contributed by atoms with van der Waals surface area (Å²) < 4.78 is 20.5. The second-order valence-corrected chi connectivity index (χ2v) is 4.82. The summed E-state index contributed by atoms with van der Waals surface area (Å²) in [6.45, 7) is 0. The van der Waals surface area contributed by atoms with Crippen LogP contribution < -0.4 is 18.9 Å². The normalized spacial score (nSPS) is 9.85. The lowest BCUT2D eigenvalue weighted by Crippen LogP contribution is -2.14. The van der Waals surface area contributed by atoms with Crippen molar-refractivity contribution in [2.45, 2.75) is 0 Å². The van der Waals surface area contributed by atoms with Gasteiger partial charge in [0.2, 0.25) is 0 Å². The van der Waals surface area contributed by atoms with Crippen LogP contribution in [0.1, 0.15) is 20.7 Å². The third-order valence-electron chi connectivity index (χ3n) is 3.44. The third kappa shape index (κ3) is 3.80. The standard InChI is InChI=1S/C18H18O8/c1-21-13-9-5-7-11(15(13)23-3)17(19)25-26-18(20)12-8-6-10-14(22-2)16(12)24-4/h5-10H,1-4H3. The summed E-state index contributed by atoms with van der Waals surface area (Å²) in [6.07, 6.45) is 0. The second kappa shape index (κ2) is 8.61. The summed E-state index contributed by atoms with van der Waals surface area (Å²) in [6, 6.07) is 9.27. The number of carbonyl (C=O) groups is 2. The molecule has 0 N–H and O–H groups in total. The number of benzene rings is 2. The highest BCUT2D eigenvalue weighted by Crippen LogP contribution is 2.32. The Morgan fingerprint density at radius 3 is 1.31 bits per heavy atom. The van der Waals surface area contributed by atoms with Gasteiger partial charge in [0.1, 0.15) is 11.1 Å². The van der Waals surface area contributed by atoms with E-state index >= 15 is 0 Å². The number of methoxy groups -OCH3 is 4. The molecule has 0 aliphatic rings. The maximum absolute atomic E-state index is 12.2. The molecule has 0 saturated heterocycles. The van der Waals surface area contributed by atoms with Gasteiger partial charge < -0.3 is 18.9 Å². The van der Waals surface area contributed by atoms with E-state index in [9.17, 15) is 9.59 Å². The summed E-state index contributed by atoms with van der Waals surface area (Å²) in [5.41, 5.74) is 0.0783. The van der Waals surface area contributed by atoms with Gasteiger partial charge in [0.05, 0.1) is 28.4 Å². The molecule has 0 spiro atoms. The van der Waals surface area contributed by atoms with Crippen molar-refractivity contribution < 1.29 is 38.3 Å². The van der Waals surface area contributed by atoms with Gasteiger partial charge in [-0.3, -0.25) is 0 Å². The molecule has 8 heteroatoms. The van der Waals surface area contributed by atoms with Gasteiger partial charge in [0.25, 0.3) is 0 Å². The van der Waals surface area contributed by atoms with Crippen molar-refractivity contribution in [1.82, 2.24) is 0 Å². The van der Waals surface area contributed by atoms with E-state index in [1.807, 2.05) is 0 Å². The number of ether oxygens (including phenoxy) is 4. The Bertz CT molecular complexity index is 732. The first-order valence-corrected chi connectivity index (χ1v) is 7.42. The molecule has 0 aliphatic carbocycles. The smallest absolute Gasteiger partial charge is 0.390 e. The van der Waals surface area contributed by atoms with Crippen molar-refractivity contribution in [3.05, 3.63) is 47.5 Å². The van der Waals surface area contributed by atoms with Gasteiger partial charge in [-0.05, 0) is 24.3 Å². The van der Waals surface area contributed by atoms with Crippen LogP contribution in [-0.4, -0.2) is 40.4 Å². The largest absolute Gasteiger partial charge is 0.493 e. The van der Waals surface area contributed by atoms with Crippen LogP contribution >= 0.6 is 0 Å². The highest BCUT2D eigenvalue weighted by atomic mass is 17.2. The SMILES string of the molecule is COc1cccc(C(=O)OOC(=O)c2cccc(OC)c2OC)c1OC. The van der Waals surface area contributed by atoms with Crippen LogP contribution in [0, 0.1) is 0 Å². The van der Waals surface area contributed by atoms with Crippen molar-refractivity contribution in [2.24, 2.45) is 0 Å². The van der Waals surface area contributed by atoms with E-state index in [1.165, 1.54) is 40.6 Å². The highest BCUT2D eigenvalue weighted by molar-refractivity contribution is 5.96. The van der Waals surface area contributed by atoms with Crippen LogP contribution in [0.5, 0.6) is 23.0 Å².